The number of aromatic nitrogens is 2. The second-order valence-corrected chi connectivity index (χ2v) is 7.10. The zero-order chi connectivity index (χ0) is 20.1. The molecule has 3 aromatic rings. The van der Waals surface area contributed by atoms with Crippen LogP contribution >= 0.6 is 27.5 Å². The minimum Gasteiger partial charge on any atom is -0.497 e. The number of rotatable bonds is 8. The maximum Gasteiger partial charge on any atom is 0.249 e. The Hall–Kier alpha value is -2.25. The van der Waals surface area contributed by atoms with Gasteiger partial charge in [-0.1, -0.05) is 39.7 Å². The minimum absolute atomic E-state index is 0.0748. The second kappa shape index (κ2) is 9.30. The number of methoxy groups -OCH3 is 1. The molecule has 0 atom stereocenters. The maximum absolute atomic E-state index is 14.9. The molecule has 0 amide bonds. The first-order valence-corrected chi connectivity index (χ1v) is 9.82. The molecule has 0 radical (unpaired) electrons. The van der Waals surface area contributed by atoms with E-state index < -0.39 is 5.82 Å². The van der Waals surface area contributed by atoms with Gasteiger partial charge in [-0.05, 0) is 37.3 Å². The van der Waals surface area contributed by atoms with E-state index in [-0.39, 0.29) is 18.2 Å². The van der Waals surface area contributed by atoms with Gasteiger partial charge in [-0.3, -0.25) is 0 Å². The molecule has 0 aliphatic rings. The largest absolute Gasteiger partial charge is 0.497 e. The first kappa shape index (κ1) is 20.5. The van der Waals surface area contributed by atoms with Crippen molar-refractivity contribution in [3.8, 4) is 28.6 Å². The summed E-state index contributed by atoms with van der Waals surface area (Å²) in [7, 11) is 1.56. The Labute approximate surface area is 176 Å². The van der Waals surface area contributed by atoms with E-state index in [0.29, 0.717) is 35.2 Å². The summed E-state index contributed by atoms with van der Waals surface area (Å²) in [5.41, 5.74) is 0.803. The van der Waals surface area contributed by atoms with E-state index in [0.717, 1.165) is 4.47 Å². The average Bonchev–Trinajstić information content (AvgIpc) is 3.00. The predicted molar refractivity (Wildman–Crippen MR) is 110 cm³/mol. The van der Waals surface area contributed by atoms with Gasteiger partial charge in [0.2, 0.25) is 11.7 Å². The lowest BCUT2D eigenvalue weighted by atomic mass is 10.1. The predicted octanol–water partition coefficient (Wildman–Crippen LogP) is 5.59. The van der Waals surface area contributed by atoms with E-state index in [1.165, 1.54) is 4.68 Å². The molecule has 0 unspecified atom stereocenters. The summed E-state index contributed by atoms with van der Waals surface area (Å²) in [5, 5.41) is 4.87. The maximum atomic E-state index is 14.9. The second-order valence-electron chi connectivity index (χ2n) is 5.78. The van der Waals surface area contributed by atoms with Gasteiger partial charge in [0.15, 0.2) is 0 Å². The molecule has 0 aliphatic heterocycles. The van der Waals surface area contributed by atoms with Crippen LogP contribution < -0.4 is 14.2 Å². The Morgan fingerprint density at radius 3 is 2.71 bits per heavy atom. The van der Waals surface area contributed by atoms with Crippen molar-refractivity contribution in [2.75, 3.05) is 20.3 Å². The number of hydrogen-bond acceptors (Lipinski definition) is 4. The van der Waals surface area contributed by atoms with Gasteiger partial charge >= 0.3 is 0 Å². The summed E-state index contributed by atoms with van der Waals surface area (Å²) in [5.74, 6) is 0.726. The first-order valence-electron chi connectivity index (χ1n) is 8.64. The van der Waals surface area contributed by atoms with Crippen molar-refractivity contribution in [2.45, 2.75) is 13.5 Å². The summed E-state index contributed by atoms with van der Waals surface area (Å²) < 4.78 is 33.7. The van der Waals surface area contributed by atoms with Crippen molar-refractivity contribution in [3.63, 3.8) is 0 Å². The third kappa shape index (κ3) is 4.59. The van der Waals surface area contributed by atoms with Gasteiger partial charge in [0, 0.05) is 10.0 Å². The quantitative estimate of drug-likeness (QED) is 0.431. The van der Waals surface area contributed by atoms with Crippen LogP contribution in [-0.2, 0) is 6.54 Å². The highest BCUT2D eigenvalue weighted by Crippen LogP contribution is 2.31. The third-order valence-electron chi connectivity index (χ3n) is 3.93. The van der Waals surface area contributed by atoms with Crippen LogP contribution in [-0.4, -0.2) is 30.1 Å². The highest BCUT2D eigenvalue weighted by Gasteiger charge is 2.21. The van der Waals surface area contributed by atoms with Crippen molar-refractivity contribution >= 4 is 27.5 Å². The van der Waals surface area contributed by atoms with Crippen molar-refractivity contribution < 1.29 is 18.6 Å². The fraction of sp³-hybridized carbons (Fsp3) is 0.250. The first-order chi connectivity index (χ1) is 13.5. The molecular weight excluding hydrogens is 451 g/mol. The zero-order valence-electron chi connectivity index (χ0n) is 15.4. The molecular formula is C20H19BrClFN2O3. The van der Waals surface area contributed by atoms with Crippen LogP contribution in [0.25, 0.3) is 11.3 Å². The van der Waals surface area contributed by atoms with Crippen LogP contribution in [0, 0.1) is 5.82 Å². The molecule has 0 saturated carbocycles. The Morgan fingerprint density at radius 2 is 2.00 bits per heavy atom. The lowest BCUT2D eigenvalue weighted by molar-refractivity contribution is 0.253. The Morgan fingerprint density at radius 1 is 1.18 bits per heavy atom. The highest BCUT2D eigenvalue weighted by atomic mass is 79.9. The van der Waals surface area contributed by atoms with Gasteiger partial charge in [-0.25, -0.2) is 4.68 Å². The number of benzene rings is 2. The van der Waals surface area contributed by atoms with Crippen LogP contribution in [0.2, 0.25) is 5.02 Å². The molecule has 28 heavy (non-hydrogen) atoms. The van der Waals surface area contributed by atoms with Crippen molar-refractivity contribution in [3.05, 3.63) is 57.8 Å². The molecule has 0 bridgehead atoms. The Balaban J connectivity index is 1.81. The van der Waals surface area contributed by atoms with Crippen LogP contribution in [0.3, 0.4) is 0 Å². The number of ether oxygens (including phenoxy) is 3. The Kier molecular flexibility index (Phi) is 6.80. The number of halogens is 3. The molecule has 1 aromatic heterocycles. The SMILES string of the molecule is CCOc1c(F)c(-c2cccc(OC)c2)nn1CCOc1ccc(Br)cc1Cl. The van der Waals surface area contributed by atoms with Gasteiger partial charge in [0.25, 0.3) is 0 Å². The third-order valence-corrected chi connectivity index (χ3v) is 4.72. The number of nitrogens with zero attached hydrogens (tertiary/aromatic N) is 2. The summed E-state index contributed by atoms with van der Waals surface area (Å²) in [4.78, 5) is 0. The van der Waals surface area contributed by atoms with Gasteiger partial charge in [-0.2, -0.15) is 9.49 Å². The fourth-order valence-corrected chi connectivity index (χ4v) is 3.37. The van der Waals surface area contributed by atoms with E-state index in [1.807, 2.05) is 6.07 Å². The molecule has 0 N–H and O–H groups in total. The van der Waals surface area contributed by atoms with E-state index in [9.17, 15) is 4.39 Å². The lowest BCUT2D eigenvalue weighted by Crippen LogP contribution is -2.12. The van der Waals surface area contributed by atoms with Crippen LogP contribution in [0.1, 0.15) is 6.92 Å². The van der Waals surface area contributed by atoms with Gasteiger partial charge in [-0.15, -0.1) is 0 Å². The summed E-state index contributed by atoms with van der Waals surface area (Å²) in [6.07, 6.45) is 0. The van der Waals surface area contributed by atoms with Gasteiger partial charge in [0.05, 0.1) is 25.3 Å². The minimum atomic E-state index is -0.517. The molecule has 0 saturated heterocycles. The van der Waals surface area contributed by atoms with E-state index >= 15 is 0 Å². The fourth-order valence-electron chi connectivity index (χ4n) is 2.64. The summed E-state index contributed by atoms with van der Waals surface area (Å²) in [6, 6.07) is 12.4. The number of hydrogen-bond donors (Lipinski definition) is 0. The normalized spacial score (nSPS) is 10.8. The van der Waals surface area contributed by atoms with Crippen molar-refractivity contribution in [1.82, 2.24) is 9.78 Å². The molecule has 8 heteroatoms. The van der Waals surface area contributed by atoms with E-state index in [4.69, 9.17) is 25.8 Å². The summed E-state index contributed by atoms with van der Waals surface area (Å²) in [6.45, 7) is 2.66. The van der Waals surface area contributed by atoms with Crippen molar-refractivity contribution in [1.29, 1.82) is 0 Å². The van der Waals surface area contributed by atoms with Crippen LogP contribution in [0.15, 0.2) is 46.9 Å². The highest BCUT2D eigenvalue weighted by molar-refractivity contribution is 9.10. The smallest absolute Gasteiger partial charge is 0.249 e. The van der Waals surface area contributed by atoms with E-state index in [1.54, 1.807) is 50.4 Å². The molecule has 2 aromatic carbocycles. The monoisotopic (exact) mass is 468 g/mol. The molecule has 0 fully saturated rings. The van der Waals surface area contributed by atoms with Crippen LogP contribution in [0.4, 0.5) is 4.39 Å². The Bertz CT molecular complexity index is 965. The average molecular weight is 470 g/mol. The topological polar surface area (TPSA) is 45.5 Å². The standard InChI is InChI=1S/C20H19BrClFN2O3/c1-3-27-20-18(23)19(13-5-4-6-15(11-13)26-2)24-25(20)9-10-28-17-8-7-14(21)12-16(17)22/h4-8,11-12H,3,9-10H2,1-2H3. The molecule has 3 rings (SSSR count). The molecule has 0 spiro atoms. The van der Waals surface area contributed by atoms with Crippen molar-refractivity contribution in [2.24, 2.45) is 0 Å². The molecule has 0 aliphatic carbocycles. The van der Waals surface area contributed by atoms with E-state index in [2.05, 4.69) is 21.0 Å². The summed E-state index contributed by atoms with van der Waals surface area (Å²) >= 11 is 9.51. The molecule has 1 heterocycles. The zero-order valence-corrected chi connectivity index (χ0v) is 17.8. The van der Waals surface area contributed by atoms with Gasteiger partial charge < -0.3 is 14.2 Å². The molecule has 148 valence electrons. The van der Waals surface area contributed by atoms with Crippen LogP contribution in [0.5, 0.6) is 17.4 Å². The molecule has 5 nitrogen and oxygen atoms in total. The lowest BCUT2D eigenvalue weighted by Gasteiger charge is -2.10. The van der Waals surface area contributed by atoms with Gasteiger partial charge in [0.1, 0.15) is 23.8 Å².